The number of nitrogens with zero attached hydrogens (tertiary/aromatic N) is 2. The molecular formula is C24H38N6O8S. The molecule has 0 spiro atoms. The van der Waals surface area contributed by atoms with Crippen molar-refractivity contribution in [2.24, 2.45) is 5.16 Å². The highest BCUT2D eigenvalue weighted by Gasteiger charge is 2.41. The summed E-state index contributed by atoms with van der Waals surface area (Å²) in [5, 5.41) is 25.2. The molecule has 0 unspecified atom stereocenters. The Morgan fingerprint density at radius 1 is 1.10 bits per heavy atom. The Kier molecular flexibility index (Phi) is 10.4. The standard InChI is InChI=1S/C24H38N6O8S/c1-22(2,3)36-19(34)24(7,8)38-30-16(14-12-39-20(27-14)29-21(35)37-23(4,5)6)18(33)28-15-13(26-17(15)32)11-25-9-10-31/h12-13,15,25,31H,9-11H2,1-8H3,(H,26,32)(H,28,33)(H,27,29,35)/t13-,15-/m0/s1. The number of esters is 1. The largest absolute Gasteiger partial charge is 0.457 e. The maximum Gasteiger partial charge on any atom is 0.413 e. The van der Waals surface area contributed by atoms with Crippen molar-refractivity contribution >= 4 is 46.1 Å². The van der Waals surface area contributed by atoms with E-state index in [4.69, 9.17) is 19.4 Å². The van der Waals surface area contributed by atoms with Gasteiger partial charge in [-0.25, -0.2) is 14.6 Å². The van der Waals surface area contributed by atoms with Crippen molar-refractivity contribution in [3.05, 3.63) is 11.1 Å². The highest BCUT2D eigenvalue weighted by atomic mass is 32.1. The third-order valence-electron chi connectivity index (χ3n) is 4.78. The van der Waals surface area contributed by atoms with Crippen molar-refractivity contribution < 1.29 is 38.6 Å². The zero-order chi connectivity index (χ0) is 29.6. The second-order valence-electron chi connectivity index (χ2n) is 11.2. The summed E-state index contributed by atoms with van der Waals surface area (Å²) in [5.41, 5.74) is -3.39. The first kappa shape index (κ1) is 31.9. The fourth-order valence-electron chi connectivity index (χ4n) is 2.96. The molecule has 14 nitrogen and oxygen atoms in total. The molecule has 0 aromatic carbocycles. The number of oxime groups is 1. The average Bonchev–Trinajstić information content (AvgIpc) is 3.22. The Balaban J connectivity index is 2.28. The third kappa shape index (κ3) is 10.1. The van der Waals surface area contributed by atoms with E-state index in [1.165, 1.54) is 19.2 Å². The molecule has 5 N–H and O–H groups in total. The van der Waals surface area contributed by atoms with Crippen LogP contribution >= 0.6 is 11.3 Å². The molecule has 1 fully saturated rings. The molecular weight excluding hydrogens is 532 g/mol. The van der Waals surface area contributed by atoms with Crippen molar-refractivity contribution in [2.45, 2.75) is 84.3 Å². The minimum absolute atomic E-state index is 0.0261. The number of aliphatic hydroxyl groups is 1. The van der Waals surface area contributed by atoms with Crippen LogP contribution in [0.5, 0.6) is 0 Å². The smallest absolute Gasteiger partial charge is 0.413 e. The van der Waals surface area contributed by atoms with E-state index in [0.717, 1.165) is 11.3 Å². The highest BCUT2D eigenvalue weighted by Crippen LogP contribution is 2.21. The molecule has 1 aliphatic heterocycles. The Morgan fingerprint density at radius 3 is 2.31 bits per heavy atom. The van der Waals surface area contributed by atoms with Gasteiger partial charge in [0.1, 0.15) is 22.9 Å². The number of hydrogen-bond donors (Lipinski definition) is 5. The summed E-state index contributed by atoms with van der Waals surface area (Å²) in [4.78, 5) is 59.9. The lowest BCUT2D eigenvalue weighted by Crippen LogP contribution is -2.72. The van der Waals surface area contributed by atoms with Crippen LogP contribution in [0.15, 0.2) is 10.5 Å². The topological polar surface area (TPSA) is 190 Å². The number of rotatable bonds is 11. The van der Waals surface area contributed by atoms with Gasteiger partial charge in [-0.2, -0.15) is 0 Å². The maximum atomic E-state index is 13.3. The summed E-state index contributed by atoms with van der Waals surface area (Å²) < 4.78 is 10.6. The SMILES string of the molecule is CC(C)(C)OC(=O)Nc1nc(C(=NOC(C)(C)C(=O)OC(C)(C)C)C(=O)N[C@@H]2C(=O)N[C@H]2CNCCO)cs1. The molecule has 1 aliphatic rings. The first-order valence-corrected chi connectivity index (χ1v) is 13.2. The van der Waals surface area contributed by atoms with Crippen LogP contribution in [0, 0.1) is 0 Å². The van der Waals surface area contributed by atoms with E-state index in [-0.39, 0.29) is 23.1 Å². The minimum atomic E-state index is -1.57. The van der Waals surface area contributed by atoms with E-state index in [1.807, 2.05) is 0 Å². The molecule has 3 amide bonds. The number of hydrogen-bond acceptors (Lipinski definition) is 12. The molecule has 1 saturated heterocycles. The second-order valence-corrected chi connectivity index (χ2v) is 12.1. The van der Waals surface area contributed by atoms with Gasteiger partial charge < -0.3 is 35.4 Å². The first-order chi connectivity index (χ1) is 17.9. The maximum absolute atomic E-state index is 13.3. The number of aromatic nitrogens is 1. The van der Waals surface area contributed by atoms with Gasteiger partial charge in [0.2, 0.25) is 11.5 Å². The fourth-order valence-corrected chi connectivity index (χ4v) is 3.64. The van der Waals surface area contributed by atoms with Gasteiger partial charge in [0, 0.05) is 18.5 Å². The lowest BCUT2D eigenvalue weighted by atomic mass is 9.98. The summed E-state index contributed by atoms with van der Waals surface area (Å²) in [7, 11) is 0. The Bertz CT molecular complexity index is 1090. The van der Waals surface area contributed by atoms with Crippen LogP contribution in [0.1, 0.15) is 61.1 Å². The van der Waals surface area contributed by atoms with Crippen molar-refractivity contribution in [1.29, 1.82) is 0 Å². The Labute approximate surface area is 231 Å². The molecule has 1 aromatic rings. The Morgan fingerprint density at radius 2 is 1.74 bits per heavy atom. The van der Waals surface area contributed by atoms with Gasteiger partial charge in [0.05, 0.1) is 12.6 Å². The summed E-state index contributed by atoms with van der Waals surface area (Å²) >= 11 is 1.01. The predicted molar refractivity (Wildman–Crippen MR) is 143 cm³/mol. The fraction of sp³-hybridized carbons (Fsp3) is 0.667. The van der Waals surface area contributed by atoms with Gasteiger partial charge in [-0.05, 0) is 55.4 Å². The molecule has 0 aliphatic carbocycles. The van der Waals surface area contributed by atoms with Crippen LogP contribution in [-0.2, 0) is 28.7 Å². The monoisotopic (exact) mass is 570 g/mol. The predicted octanol–water partition coefficient (Wildman–Crippen LogP) is 0.896. The van der Waals surface area contributed by atoms with Gasteiger partial charge in [-0.1, -0.05) is 5.16 Å². The van der Waals surface area contributed by atoms with Gasteiger partial charge in [0.15, 0.2) is 10.8 Å². The quantitative estimate of drug-likeness (QED) is 0.0840. The molecule has 2 heterocycles. The number of carbonyl (C=O) groups excluding carboxylic acids is 4. The van der Waals surface area contributed by atoms with E-state index in [9.17, 15) is 19.2 Å². The van der Waals surface area contributed by atoms with E-state index < -0.39 is 52.8 Å². The van der Waals surface area contributed by atoms with Crippen LogP contribution in [0.25, 0.3) is 0 Å². The molecule has 218 valence electrons. The van der Waals surface area contributed by atoms with Gasteiger partial charge in [-0.3, -0.25) is 14.9 Å². The van der Waals surface area contributed by atoms with Crippen LogP contribution < -0.4 is 21.3 Å². The lowest BCUT2D eigenvalue weighted by Gasteiger charge is -2.37. The summed E-state index contributed by atoms with van der Waals surface area (Å²) in [6, 6.07) is -1.31. The lowest BCUT2D eigenvalue weighted by molar-refractivity contribution is -0.179. The van der Waals surface area contributed by atoms with Gasteiger partial charge in [-0.15, -0.1) is 11.3 Å². The third-order valence-corrected chi connectivity index (χ3v) is 5.54. The van der Waals surface area contributed by atoms with Gasteiger partial charge in [0.25, 0.3) is 5.91 Å². The normalized spacial score (nSPS) is 18.0. The number of aliphatic hydroxyl groups excluding tert-OH is 1. The van der Waals surface area contributed by atoms with Crippen molar-refractivity contribution in [2.75, 3.05) is 25.0 Å². The molecule has 15 heteroatoms. The number of anilines is 1. The van der Waals surface area contributed by atoms with Crippen molar-refractivity contribution in [3.8, 4) is 0 Å². The summed E-state index contributed by atoms with van der Waals surface area (Å²) in [5.74, 6) is -1.91. The molecule has 2 atom stereocenters. The Hall–Kier alpha value is -3.30. The molecule has 0 bridgehead atoms. The minimum Gasteiger partial charge on any atom is -0.457 e. The molecule has 1 aromatic heterocycles. The van der Waals surface area contributed by atoms with Crippen LogP contribution in [0.2, 0.25) is 0 Å². The van der Waals surface area contributed by atoms with E-state index in [2.05, 4.69) is 31.4 Å². The van der Waals surface area contributed by atoms with Crippen LogP contribution in [0.4, 0.5) is 9.93 Å². The van der Waals surface area contributed by atoms with E-state index in [0.29, 0.717) is 13.1 Å². The number of amides is 3. The molecule has 0 saturated carbocycles. The van der Waals surface area contributed by atoms with E-state index >= 15 is 0 Å². The van der Waals surface area contributed by atoms with Crippen molar-refractivity contribution in [1.82, 2.24) is 20.9 Å². The number of ether oxygens (including phenoxy) is 2. The molecule has 2 rings (SSSR count). The van der Waals surface area contributed by atoms with Gasteiger partial charge >= 0.3 is 12.1 Å². The van der Waals surface area contributed by atoms with Crippen LogP contribution in [0.3, 0.4) is 0 Å². The number of carbonyl (C=O) groups is 4. The first-order valence-electron chi connectivity index (χ1n) is 12.3. The average molecular weight is 571 g/mol. The summed E-state index contributed by atoms with van der Waals surface area (Å²) in [6.45, 7) is 13.6. The number of β-lactam (4-membered cyclic amide) rings is 1. The number of thiazole rings is 1. The van der Waals surface area contributed by atoms with Crippen molar-refractivity contribution in [3.63, 3.8) is 0 Å². The zero-order valence-electron chi connectivity index (χ0n) is 23.5. The zero-order valence-corrected chi connectivity index (χ0v) is 24.3. The number of nitrogens with one attached hydrogen (secondary N) is 4. The molecule has 0 radical (unpaired) electrons. The highest BCUT2D eigenvalue weighted by molar-refractivity contribution is 7.14. The van der Waals surface area contributed by atoms with E-state index in [1.54, 1.807) is 41.5 Å². The second kappa shape index (κ2) is 12.7. The summed E-state index contributed by atoms with van der Waals surface area (Å²) in [6.07, 6.45) is -0.738. The molecule has 39 heavy (non-hydrogen) atoms. The van der Waals surface area contributed by atoms with Crippen LogP contribution in [-0.4, -0.2) is 88.3 Å².